The number of aromatic carboxylic acids is 1. The van der Waals surface area contributed by atoms with E-state index in [4.69, 9.17) is 0 Å². The monoisotopic (exact) mass is 298 g/mol. The standard InChI is InChI=1S/C14H13F3N2O2/c1-8(7-14(15,16)17)18-12-6-10(13(20)21)9-4-2-3-5-11(9)19-12/h2-6,8H,7H2,1H3,(H,18,19)(H,20,21). The van der Waals surface area contributed by atoms with Gasteiger partial charge < -0.3 is 10.4 Å². The zero-order chi connectivity index (χ0) is 15.6. The Balaban J connectivity index is 2.35. The molecule has 2 aromatic rings. The molecule has 1 unspecified atom stereocenters. The molecule has 0 saturated heterocycles. The van der Waals surface area contributed by atoms with Crippen molar-refractivity contribution >= 4 is 22.7 Å². The number of benzene rings is 1. The molecule has 0 radical (unpaired) electrons. The number of aromatic nitrogens is 1. The number of carboxylic acids is 1. The molecule has 7 heteroatoms. The Morgan fingerprint density at radius 2 is 2.05 bits per heavy atom. The Kier molecular flexibility index (Phi) is 4.02. The lowest BCUT2D eigenvalue weighted by Crippen LogP contribution is -2.24. The fourth-order valence-electron chi connectivity index (χ4n) is 2.08. The summed E-state index contributed by atoms with van der Waals surface area (Å²) in [6.07, 6.45) is -5.32. The van der Waals surface area contributed by atoms with E-state index < -0.39 is 24.6 Å². The van der Waals surface area contributed by atoms with Crippen molar-refractivity contribution in [1.29, 1.82) is 0 Å². The van der Waals surface area contributed by atoms with Crippen LogP contribution in [0.3, 0.4) is 0 Å². The van der Waals surface area contributed by atoms with E-state index in [2.05, 4.69) is 10.3 Å². The summed E-state index contributed by atoms with van der Waals surface area (Å²) in [5.41, 5.74) is 0.418. The van der Waals surface area contributed by atoms with E-state index in [1.54, 1.807) is 24.3 Å². The molecule has 1 heterocycles. The van der Waals surface area contributed by atoms with Gasteiger partial charge in [-0.25, -0.2) is 9.78 Å². The van der Waals surface area contributed by atoms with Crippen LogP contribution in [-0.4, -0.2) is 28.3 Å². The normalized spacial score (nSPS) is 13.1. The first-order valence-electron chi connectivity index (χ1n) is 6.22. The number of hydrogen-bond donors (Lipinski definition) is 2. The summed E-state index contributed by atoms with van der Waals surface area (Å²) >= 11 is 0. The smallest absolute Gasteiger partial charge is 0.391 e. The van der Waals surface area contributed by atoms with Crippen LogP contribution in [0.4, 0.5) is 19.0 Å². The fourth-order valence-corrected chi connectivity index (χ4v) is 2.08. The number of rotatable bonds is 4. The third kappa shape index (κ3) is 3.84. The van der Waals surface area contributed by atoms with Crippen LogP contribution in [0, 0.1) is 0 Å². The van der Waals surface area contributed by atoms with Crippen LogP contribution in [0.5, 0.6) is 0 Å². The van der Waals surface area contributed by atoms with Gasteiger partial charge in [-0.2, -0.15) is 13.2 Å². The third-order valence-electron chi connectivity index (χ3n) is 2.88. The van der Waals surface area contributed by atoms with Crippen LogP contribution in [-0.2, 0) is 0 Å². The highest BCUT2D eigenvalue weighted by Crippen LogP contribution is 2.25. The number of para-hydroxylation sites is 1. The van der Waals surface area contributed by atoms with Crippen molar-refractivity contribution in [2.45, 2.75) is 25.6 Å². The van der Waals surface area contributed by atoms with E-state index >= 15 is 0 Å². The Morgan fingerprint density at radius 1 is 1.38 bits per heavy atom. The molecule has 4 nitrogen and oxygen atoms in total. The number of hydrogen-bond acceptors (Lipinski definition) is 3. The van der Waals surface area contributed by atoms with E-state index in [1.807, 2.05) is 0 Å². The summed E-state index contributed by atoms with van der Waals surface area (Å²) in [4.78, 5) is 15.4. The van der Waals surface area contributed by atoms with Crippen LogP contribution >= 0.6 is 0 Å². The first kappa shape index (κ1) is 15.1. The highest BCUT2D eigenvalue weighted by atomic mass is 19.4. The maximum absolute atomic E-state index is 12.3. The highest BCUT2D eigenvalue weighted by Gasteiger charge is 2.30. The van der Waals surface area contributed by atoms with Gasteiger partial charge in [-0.3, -0.25) is 0 Å². The average molecular weight is 298 g/mol. The molecule has 1 aromatic heterocycles. The molecule has 0 bridgehead atoms. The van der Waals surface area contributed by atoms with Crippen LogP contribution in [0.2, 0.25) is 0 Å². The largest absolute Gasteiger partial charge is 0.478 e. The molecule has 0 aliphatic carbocycles. The van der Waals surface area contributed by atoms with Crippen LogP contribution in [0.25, 0.3) is 10.9 Å². The summed E-state index contributed by atoms with van der Waals surface area (Å²) in [7, 11) is 0. The number of halogens is 3. The van der Waals surface area contributed by atoms with Crippen molar-refractivity contribution < 1.29 is 23.1 Å². The van der Waals surface area contributed by atoms with E-state index in [-0.39, 0.29) is 11.4 Å². The lowest BCUT2D eigenvalue weighted by atomic mass is 10.1. The van der Waals surface area contributed by atoms with Crippen LogP contribution < -0.4 is 5.32 Å². The minimum atomic E-state index is -4.29. The number of alkyl halides is 3. The zero-order valence-corrected chi connectivity index (χ0v) is 11.1. The summed E-state index contributed by atoms with van der Waals surface area (Å²) < 4.78 is 36.9. The number of carbonyl (C=O) groups is 1. The molecule has 0 saturated carbocycles. The molecule has 0 aliphatic heterocycles. The quantitative estimate of drug-likeness (QED) is 0.903. The first-order chi connectivity index (χ1) is 9.76. The number of fused-ring (bicyclic) bond motifs is 1. The maximum atomic E-state index is 12.3. The molecule has 0 aliphatic rings. The summed E-state index contributed by atoms with van der Waals surface area (Å²) in [6.45, 7) is 1.37. The summed E-state index contributed by atoms with van der Waals surface area (Å²) in [6, 6.07) is 6.92. The Bertz CT molecular complexity index is 671. The lowest BCUT2D eigenvalue weighted by molar-refractivity contribution is -0.136. The van der Waals surface area contributed by atoms with E-state index in [1.165, 1.54) is 13.0 Å². The number of carboxylic acid groups (broad SMARTS) is 1. The second-order valence-electron chi connectivity index (χ2n) is 4.74. The minimum absolute atomic E-state index is 0.00214. The van der Waals surface area contributed by atoms with Gasteiger partial charge in [-0.05, 0) is 19.1 Å². The molecule has 2 N–H and O–H groups in total. The van der Waals surface area contributed by atoms with Crippen molar-refractivity contribution in [2.75, 3.05) is 5.32 Å². The fraction of sp³-hybridized carbons (Fsp3) is 0.286. The van der Waals surface area contributed by atoms with E-state index in [0.717, 1.165) is 0 Å². The van der Waals surface area contributed by atoms with Gasteiger partial charge in [0.15, 0.2) is 0 Å². The molecule has 0 amide bonds. The van der Waals surface area contributed by atoms with Crippen LogP contribution in [0.1, 0.15) is 23.7 Å². The summed E-state index contributed by atoms with van der Waals surface area (Å²) in [5.74, 6) is -1.04. The molecule has 0 spiro atoms. The Hall–Kier alpha value is -2.31. The minimum Gasteiger partial charge on any atom is -0.478 e. The van der Waals surface area contributed by atoms with E-state index in [0.29, 0.717) is 10.9 Å². The topological polar surface area (TPSA) is 62.2 Å². The zero-order valence-electron chi connectivity index (χ0n) is 11.1. The molecular weight excluding hydrogens is 285 g/mol. The molecule has 0 fully saturated rings. The number of pyridine rings is 1. The molecule has 112 valence electrons. The second-order valence-corrected chi connectivity index (χ2v) is 4.74. The average Bonchev–Trinajstić information content (AvgIpc) is 2.35. The predicted octanol–water partition coefficient (Wildman–Crippen LogP) is 3.69. The van der Waals surface area contributed by atoms with Gasteiger partial charge in [-0.15, -0.1) is 0 Å². The van der Waals surface area contributed by atoms with Crippen molar-refractivity contribution in [3.63, 3.8) is 0 Å². The molecule has 1 aromatic carbocycles. The number of nitrogens with zero attached hydrogens (tertiary/aromatic N) is 1. The van der Waals surface area contributed by atoms with Gasteiger partial charge in [0, 0.05) is 11.4 Å². The van der Waals surface area contributed by atoms with Crippen molar-refractivity contribution in [1.82, 2.24) is 4.98 Å². The number of nitrogens with one attached hydrogen (secondary N) is 1. The summed E-state index contributed by atoms with van der Waals surface area (Å²) in [5, 5.41) is 12.2. The first-order valence-corrected chi connectivity index (χ1v) is 6.22. The highest BCUT2D eigenvalue weighted by molar-refractivity contribution is 6.03. The Morgan fingerprint density at radius 3 is 2.67 bits per heavy atom. The molecule has 1 atom stereocenters. The Labute approximate surface area is 118 Å². The van der Waals surface area contributed by atoms with Gasteiger partial charge in [0.2, 0.25) is 0 Å². The van der Waals surface area contributed by atoms with Crippen molar-refractivity contribution in [3.8, 4) is 0 Å². The molecule has 2 rings (SSSR count). The SMILES string of the molecule is CC(CC(F)(F)F)Nc1cc(C(=O)O)c2ccccc2n1. The van der Waals surface area contributed by atoms with Crippen molar-refractivity contribution in [2.24, 2.45) is 0 Å². The predicted molar refractivity (Wildman–Crippen MR) is 72.5 cm³/mol. The lowest BCUT2D eigenvalue weighted by Gasteiger charge is -2.17. The third-order valence-corrected chi connectivity index (χ3v) is 2.88. The van der Waals surface area contributed by atoms with Gasteiger partial charge >= 0.3 is 12.1 Å². The van der Waals surface area contributed by atoms with E-state index in [9.17, 15) is 23.1 Å². The molecule has 21 heavy (non-hydrogen) atoms. The van der Waals surface area contributed by atoms with Crippen LogP contribution in [0.15, 0.2) is 30.3 Å². The van der Waals surface area contributed by atoms with Gasteiger partial charge in [0.05, 0.1) is 17.5 Å². The molecular formula is C14H13F3N2O2. The van der Waals surface area contributed by atoms with Crippen molar-refractivity contribution in [3.05, 3.63) is 35.9 Å². The second kappa shape index (κ2) is 5.59. The number of anilines is 1. The van der Waals surface area contributed by atoms with Gasteiger partial charge in [0.25, 0.3) is 0 Å². The van der Waals surface area contributed by atoms with Gasteiger partial charge in [0.1, 0.15) is 5.82 Å². The van der Waals surface area contributed by atoms with Gasteiger partial charge in [-0.1, -0.05) is 18.2 Å². The maximum Gasteiger partial charge on any atom is 0.391 e.